The molecule has 10 nitrogen and oxygen atoms in total. The number of nitrogens with zero attached hydrogens (tertiary/aromatic N) is 4. The van der Waals surface area contributed by atoms with Crippen molar-refractivity contribution in [2.24, 2.45) is 7.05 Å². The largest absolute Gasteiger partial charge is 0.483 e. The molecule has 1 aliphatic rings. The highest BCUT2D eigenvalue weighted by molar-refractivity contribution is 5.96. The maximum absolute atomic E-state index is 12.1. The van der Waals surface area contributed by atoms with Crippen molar-refractivity contribution in [2.75, 3.05) is 26.2 Å². The Morgan fingerprint density at radius 1 is 1.48 bits per heavy atom. The molecule has 0 bridgehead atoms. The zero-order valence-corrected chi connectivity index (χ0v) is 13.7. The topological polar surface area (TPSA) is 127 Å². The van der Waals surface area contributed by atoms with Crippen molar-refractivity contribution < 1.29 is 24.2 Å². The number of ether oxygens (including phenoxy) is 1. The maximum atomic E-state index is 12.1. The number of hydrogen-bond donors (Lipinski definition) is 2. The summed E-state index contributed by atoms with van der Waals surface area (Å²) in [5, 5.41) is 13.8. The van der Waals surface area contributed by atoms with Crippen LogP contribution in [0.4, 0.5) is 4.79 Å². The minimum Gasteiger partial charge on any atom is -0.483 e. The number of hydrogen-bond acceptors (Lipinski definition) is 6. The number of carbonyl (C=O) groups is 3. The number of cyclic esters (lactones) is 1. The third kappa shape index (κ3) is 4.66. The number of carbonyl (C=O) groups excluding carboxylic acids is 2. The van der Waals surface area contributed by atoms with Crippen LogP contribution in [0.5, 0.6) is 0 Å². The number of carboxylic acid groups (broad SMARTS) is 1. The van der Waals surface area contributed by atoms with E-state index in [1.54, 1.807) is 28.9 Å². The van der Waals surface area contributed by atoms with E-state index in [0.717, 1.165) is 17.5 Å². The average Bonchev–Trinajstić information content (AvgIpc) is 2.98. The standard InChI is InChI=1S/C14H17N5O3.CH2O2/c1-18-12-7-10(8-16-11(12)9-17-18)13(20)15-3-5-19-4-2-6-22-14(19)21;2-1-3/h7-9H,2-6H2,1H3,(H,15,20);1H,(H,2,3). The van der Waals surface area contributed by atoms with Crippen LogP contribution in [0, 0.1) is 0 Å². The van der Waals surface area contributed by atoms with Crippen LogP contribution in [0.3, 0.4) is 0 Å². The Kier molecular flexibility index (Phi) is 6.26. The number of aromatic nitrogens is 3. The molecular weight excluding hydrogens is 330 g/mol. The molecule has 2 aromatic rings. The predicted octanol–water partition coefficient (Wildman–Crippen LogP) is 0.241. The molecule has 3 heterocycles. The molecule has 0 radical (unpaired) electrons. The molecule has 2 N–H and O–H groups in total. The van der Waals surface area contributed by atoms with Gasteiger partial charge in [0.05, 0.1) is 23.9 Å². The molecule has 0 saturated carbocycles. The van der Waals surface area contributed by atoms with Gasteiger partial charge in [-0.05, 0) is 12.5 Å². The summed E-state index contributed by atoms with van der Waals surface area (Å²) in [6, 6.07) is 1.75. The number of amides is 2. The van der Waals surface area contributed by atoms with Crippen molar-refractivity contribution >= 4 is 29.5 Å². The third-order valence-electron chi connectivity index (χ3n) is 3.58. The van der Waals surface area contributed by atoms with Crippen LogP contribution in [0.2, 0.25) is 0 Å². The highest BCUT2D eigenvalue weighted by Gasteiger charge is 2.19. The normalized spacial score (nSPS) is 13.6. The Labute approximate surface area is 143 Å². The molecule has 1 aliphatic heterocycles. The first-order chi connectivity index (χ1) is 12.1. The van der Waals surface area contributed by atoms with Crippen molar-refractivity contribution in [1.29, 1.82) is 0 Å². The Morgan fingerprint density at radius 3 is 2.96 bits per heavy atom. The summed E-state index contributed by atoms with van der Waals surface area (Å²) in [4.78, 5) is 37.7. The molecule has 0 aliphatic carbocycles. The minimum absolute atomic E-state index is 0.221. The minimum atomic E-state index is -0.321. The fraction of sp³-hybridized carbons (Fsp3) is 0.400. The number of rotatable bonds is 4. The molecular formula is C15H19N5O5. The Bertz CT molecular complexity index is 760. The average molecular weight is 349 g/mol. The van der Waals surface area contributed by atoms with Gasteiger partial charge in [0.2, 0.25) is 0 Å². The molecule has 25 heavy (non-hydrogen) atoms. The summed E-state index contributed by atoms with van der Waals surface area (Å²) in [5.74, 6) is -0.221. The molecule has 1 saturated heterocycles. The monoisotopic (exact) mass is 349 g/mol. The first kappa shape index (κ1) is 18.2. The smallest absolute Gasteiger partial charge is 0.409 e. The van der Waals surface area contributed by atoms with E-state index in [-0.39, 0.29) is 18.5 Å². The molecule has 0 aromatic carbocycles. The fourth-order valence-corrected chi connectivity index (χ4v) is 2.36. The second-order valence-electron chi connectivity index (χ2n) is 5.21. The van der Waals surface area contributed by atoms with E-state index in [1.807, 2.05) is 0 Å². The van der Waals surface area contributed by atoms with Crippen molar-refractivity contribution in [3.63, 3.8) is 0 Å². The Morgan fingerprint density at radius 2 is 2.24 bits per heavy atom. The van der Waals surface area contributed by atoms with E-state index < -0.39 is 0 Å². The van der Waals surface area contributed by atoms with E-state index in [2.05, 4.69) is 15.4 Å². The lowest BCUT2D eigenvalue weighted by atomic mass is 10.2. The van der Waals surface area contributed by atoms with Crippen LogP contribution in [0.25, 0.3) is 11.0 Å². The lowest BCUT2D eigenvalue weighted by Crippen LogP contribution is -2.42. The van der Waals surface area contributed by atoms with Crippen molar-refractivity contribution in [1.82, 2.24) is 25.0 Å². The molecule has 2 aromatic heterocycles. The van der Waals surface area contributed by atoms with Crippen LogP contribution in [-0.2, 0) is 16.6 Å². The number of aryl methyl sites for hydroxylation is 1. The molecule has 134 valence electrons. The van der Waals surface area contributed by atoms with Gasteiger partial charge in [-0.15, -0.1) is 0 Å². The van der Waals surface area contributed by atoms with Gasteiger partial charge in [0.25, 0.3) is 12.4 Å². The van der Waals surface area contributed by atoms with Gasteiger partial charge in [0, 0.05) is 32.9 Å². The van der Waals surface area contributed by atoms with Gasteiger partial charge in [-0.1, -0.05) is 0 Å². The van der Waals surface area contributed by atoms with Gasteiger partial charge in [-0.25, -0.2) is 4.79 Å². The van der Waals surface area contributed by atoms with Crippen LogP contribution in [0.1, 0.15) is 16.8 Å². The van der Waals surface area contributed by atoms with Gasteiger partial charge in [0.1, 0.15) is 5.52 Å². The van der Waals surface area contributed by atoms with Gasteiger partial charge in [-0.2, -0.15) is 5.10 Å². The number of fused-ring (bicyclic) bond motifs is 1. The second kappa shape index (κ2) is 8.62. The lowest BCUT2D eigenvalue weighted by Gasteiger charge is -2.26. The van der Waals surface area contributed by atoms with E-state index >= 15 is 0 Å². The second-order valence-corrected chi connectivity index (χ2v) is 5.21. The molecule has 0 spiro atoms. The summed E-state index contributed by atoms with van der Waals surface area (Å²) >= 11 is 0. The van der Waals surface area contributed by atoms with Crippen molar-refractivity contribution in [2.45, 2.75) is 6.42 Å². The van der Waals surface area contributed by atoms with Gasteiger partial charge >= 0.3 is 6.09 Å². The SMILES string of the molecule is Cn1ncc2ncc(C(=O)NCCN3CCCOC3=O)cc21.O=CO. The van der Waals surface area contributed by atoms with Crippen LogP contribution < -0.4 is 5.32 Å². The predicted molar refractivity (Wildman–Crippen MR) is 87.1 cm³/mol. The zero-order valence-electron chi connectivity index (χ0n) is 13.7. The number of pyridine rings is 1. The van der Waals surface area contributed by atoms with E-state index in [4.69, 9.17) is 14.6 Å². The molecule has 0 unspecified atom stereocenters. The summed E-state index contributed by atoms with van der Waals surface area (Å²) in [6.45, 7) is 1.69. The molecule has 10 heteroatoms. The molecule has 2 amide bonds. The highest BCUT2D eigenvalue weighted by Crippen LogP contribution is 2.11. The van der Waals surface area contributed by atoms with E-state index in [0.29, 0.717) is 31.8 Å². The first-order valence-corrected chi connectivity index (χ1v) is 7.62. The van der Waals surface area contributed by atoms with Crippen molar-refractivity contribution in [3.05, 3.63) is 24.0 Å². The number of nitrogens with one attached hydrogen (secondary N) is 1. The quantitative estimate of drug-likeness (QED) is 0.757. The van der Waals surface area contributed by atoms with Crippen LogP contribution >= 0.6 is 0 Å². The van der Waals surface area contributed by atoms with Gasteiger partial charge in [-0.3, -0.25) is 19.3 Å². The molecule has 0 atom stereocenters. The van der Waals surface area contributed by atoms with Gasteiger partial charge in [0.15, 0.2) is 0 Å². The van der Waals surface area contributed by atoms with Gasteiger partial charge < -0.3 is 20.1 Å². The highest BCUT2D eigenvalue weighted by atomic mass is 16.6. The maximum Gasteiger partial charge on any atom is 0.409 e. The van der Waals surface area contributed by atoms with Crippen LogP contribution in [0.15, 0.2) is 18.5 Å². The molecule has 3 rings (SSSR count). The fourth-order valence-electron chi connectivity index (χ4n) is 2.36. The first-order valence-electron chi connectivity index (χ1n) is 7.62. The van der Waals surface area contributed by atoms with Crippen molar-refractivity contribution in [3.8, 4) is 0 Å². The molecule has 1 fully saturated rings. The van der Waals surface area contributed by atoms with Crippen LogP contribution in [-0.4, -0.2) is 69.5 Å². The Hall–Kier alpha value is -3.17. The van der Waals surface area contributed by atoms with E-state index in [9.17, 15) is 9.59 Å². The Balaban J connectivity index is 0.000000701. The summed E-state index contributed by atoms with van der Waals surface area (Å²) in [6.07, 6.45) is 3.67. The summed E-state index contributed by atoms with van der Waals surface area (Å²) < 4.78 is 6.61. The summed E-state index contributed by atoms with van der Waals surface area (Å²) in [5.41, 5.74) is 2.01. The van der Waals surface area contributed by atoms with E-state index in [1.165, 1.54) is 6.20 Å². The summed E-state index contributed by atoms with van der Waals surface area (Å²) in [7, 11) is 1.80. The third-order valence-corrected chi connectivity index (χ3v) is 3.58. The lowest BCUT2D eigenvalue weighted by molar-refractivity contribution is -0.122. The zero-order chi connectivity index (χ0) is 18.2.